The summed E-state index contributed by atoms with van der Waals surface area (Å²) in [5.41, 5.74) is 13.5. The Labute approximate surface area is 327 Å². The highest BCUT2D eigenvalue weighted by molar-refractivity contribution is 6.25. The third-order valence-corrected chi connectivity index (χ3v) is 12.2. The molecule has 0 spiro atoms. The average molecular weight is 714 g/mol. The molecule has 10 aromatic rings. The monoisotopic (exact) mass is 713 g/mol. The molecule has 0 amide bonds. The zero-order valence-corrected chi connectivity index (χ0v) is 31.5. The summed E-state index contributed by atoms with van der Waals surface area (Å²) in [5, 5.41) is 10.2. The molecule has 56 heavy (non-hydrogen) atoms. The summed E-state index contributed by atoms with van der Waals surface area (Å²) in [4.78, 5) is 2.45. The van der Waals surface area contributed by atoms with Crippen LogP contribution < -0.4 is 4.90 Å². The zero-order valence-electron chi connectivity index (χ0n) is 31.5. The number of nitrogens with zero attached hydrogens (tertiary/aromatic N) is 1. The highest BCUT2D eigenvalue weighted by Gasteiger charge is 2.35. The summed E-state index contributed by atoms with van der Waals surface area (Å²) in [6.45, 7) is 4.72. The van der Waals surface area contributed by atoms with Gasteiger partial charge >= 0.3 is 0 Å². The van der Waals surface area contributed by atoms with Crippen LogP contribution in [0.5, 0.6) is 0 Å². The first-order valence-electron chi connectivity index (χ1n) is 19.6. The lowest BCUT2D eigenvalue weighted by molar-refractivity contribution is 0.660. The van der Waals surface area contributed by atoms with Crippen LogP contribution in [0.2, 0.25) is 0 Å². The van der Waals surface area contributed by atoms with Gasteiger partial charge in [-0.1, -0.05) is 166 Å². The highest BCUT2D eigenvalue weighted by atomic mass is 15.1. The van der Waals surface area contributed by atoms with E-state index in [2.05, 4.69) is 219 Å². The van der Waals surface area contributed by atoms with E-state index in [0.717, 1.165) is 17.1 Å². The third-order valence-electron chi connectivity index (χ3n) is 12.2. The molecule has 0 unspecified atom stereocenters. The fourth-order valence-electron chi connectivity index (χ4n) is 9.37. The summed E-state index contributed by atoms with van der Waals surface area (Å²) in [7, 11) is 0. The number of fused-ring (bicyclic) bond motifs is 10. The van der Waals surface area contributed by atoms with E-state index in [0.29, 0.717) is 0 Å². The highest BCUT2D eigenvalue weighted by Crippen LogP contribution is 2.51. The summed E-state index contributed by atoms with van der Waals surface area (Å²) in [6.07, 6.45) is 0. The predicted molar refractivity (Wildman–Crippen MR) is 240 cm³/mol. The van der Waals surface area contributed by atoms with E-state index in [9.17, 15) is 0 Å². The van der Waals surface area contributed by atoms with E-state index in [1.165, 1.54) is 87.6 Å². The van der Waals surface area contributed by atoms with E-state index >= 15 is 0 Å². The molecule has 0 saturated carbocycles. The molecular weight excluding hydrogens is 675 g/mol. The van der Waals surface area contributed by atoms with Crippen molar-refractivity contribution in [1.29, 1.82) is 0 Å². The van der Waals surface area contributed by atoms with Gasteiger partial charge in [-0.3, -0.25) is 0 Å². The summed E-state index contributed by atoms with van der Waals surface area (Å²) < 4.78 is 0. The van der Waals surface area contributed by atoms with E-state index < -0.39 is 0 Å². The molecule has 0 radical (unpaired) electrons. The minimum Gasteiger partial charge on any atom is -0.310 e. The molecular formula is C55H39N. The molecule has 0 N–H and O–H groups in total. The van der Waals surface area contributed by atoms with E-state index in [-0.39, 0.29) is 5.41 Å². The van der Waals surface area contributed by atoms with Crippen LogP contribution in [0.25, 0.3) is 76.5 Å². The first-order valence-corrected chi connectivity index (χ1v) is 19.6. The van der Waals surface area contributed by atoms with Crippen molar-refractivity contribution in [3.05, 3.63) is 211 Å². The predicted octanol–water partition coefficient (Wildman–Crippen LogP) is 15.4. The van der Waals surface area contributed by atoms with Crippen LogP contribution >= 0.6 is 0 Å². The molecule has 0 atom stereocenters. The second-order valence-electron chi connectivity index (χ2n) is 15.7. The Morgan fingerprint density at radius 3 is 1.62 bits per heavy atom. The molecule has 0 aromatic heterocycles. The Kier molecular flexibility index (Phi) is 7.28. The molecule has 11 rings (SSSR count). The Bertz CT molecular complexity index is 3140. The van der Waals surface area contributed by atoms with Gasteiger partial charge in [0.15, 0.2) is 0 Å². The van der Waals surface area contributed by atoms with Crippen molar-refractivity contribution in [2.24, 2.45) is 0 Å². The van der Waals surface area contributed by atoms with Crippen LogP contribution in [-0.2, 0) is 5.41 Å². The van der Waals surface area contributed by atoms with Crippen LogP contribution in [0.1, 0.15) is 25.0 Å². The quantitative estimate of drug-likeness (QED) is 0.161. The minimum atomic E-state index is -0.110. The molecule has 1 aliphatic carbocycles. The molecule has 0 bridgehead atoms. The van der Waals surface area contributed by atoms with Crippen LogP contribution in [0.3, 0.4) is 0 Å². The number of hydrogen-bond acceptors (Lipinski definition) is 1. The molecule has 0 fully saturated rings. The number of benzene rings is 10. The molecule has 1 nitrogen and oxygen atoms in total. The maximum absolute atomic E-state index is 2.45. The van der Waals surface area contributed by atoms with Crippen molar-refractivity contribution in [1.82, 2.24) is 0 Å². The number of anilines is 3. The van der Waals surface area contributed by atoms with Crippen LogP contribution in [-0.4, -0.2) is 0 Å². The largest absolute Gasteiger partial charge is 0.310 e. The van der Waals surface area contributed by atoms with Crippen LogP contribution in [0.4, 0.5) is 17.1 Å². The summed E-state index contributed by atoms with van der Waals surface area (Å²) in [5.74, 6) is 0. The van der Waals surface area contributed by atoms with Gasteiger partial charge in [0.25, 0.3) is 0 Å². The Morgan fingerprint density at radius 1 is 0.304 bits per heavy atom. The molecule has 1 aliphatic rings. The van der Waals surface area contributed by atoms with Gasteiger partial charge in [-0.2, -0.15) is 0 Å². The van der Waals surface area contributed by atoms with E-state index in [1.54, 1.807) is 0 Å². The van der Waals surface area contributed by atoms with E-state index in [1.807, 2.05) is 0 Å². The van der Waals surface area contributed by atoms with Gasteiger partial charge in [-0.05, 0) is 136 Å². The fourth-order valence-corrected chi connectivity index (χ4v) is 9.37. The maximum Gasteiger partial charge on any atom is 0.0468 e. The van der Waals surface area contributed by atoms with Gasteiger partial charge in [0.05, 0.1) is 0 Å². The van der Waals surface area contributed by atoms with Gasteiger partial charge in [0.1, 0.15) is 0 Å². The Hall–Kier alpha value is -6.96. The smallest absolute Gasteiger partial charge is 0.0468 e. The first-order chi connectivity index (χ1) is 27.5. The van der Waals surface area contributed by atoms with Crippen molar-refractivity contribution in [3.8, 4) is 33.4 Å². The van der Waals surface area contributed by atoms with E-state index in [4.69, 9.17) is 0 Å². The van der Waals surface area contributed by atoms with Gasteiger partial charge in [0, 0.05) is 22.5 Å². The standard InChI is InChI=1S/C55H39N/c1-55(2)53-22-11-10-21-50(53)51-30-28-44(35-54(51)55)56(43-27-25-37-23-24-39(31-41(37)33-43)36-13-4-3-5-14-36)42-16-12-15-38(32-42)40-26-29-49-47-19-7-6-17-45(47)46-18-8-9-20-48(46)52(49)34-40/h3-35H,1-2H3. The normalized spacial score (nSPS) is 13.0. The van der Waals surface area contributed by atoms with Crippen molar-refractivity contribution < 1.29 is 0 Å². The maximum atomic E-state index is 2.45. The fraction of sp³-hybridized carbons (Fsp3) is 0.0545. The van der Waals surface area contributed by atoms with Crippen molar-refractivity contribution in [3.63, 3.8) is 0 Å². The minimum absolute atomic E-state index is 0.110. The number of rotatable bonds is 5. The second-order valence-corrected chi connectivity index (χ2v) is 15.7. The lowest BCUT2D eigenvalue weighted by atomic mass is 9.82. The lowest BCUT2D eigenvalue weighted by Crippen LogP contribution is -2.16. The Balaban J connectivity index is 1.09. The second kappa shape index (κ2) is 12.5. The Morgan fingerprint density at radius 2 is 0.839 bits per heavy atom. The van der Waals surface area contributed by atoms with Gasteiger partial charge in [-0.25, -0.2) is 0 Å². The van der Waals surface area contributed by atoms with Crippen molar-refractivity contribution in [2.75, 3.05) is 4.90 Å². The van der Waals surface area contributed by atoms with Crippen LogP contribution in [0.15, 0.2) is 200 Å². The number of hydrogen-bond donors (Lipinski definition) is 0. The molecule has 0 aliphatic heterocycles. The average Bonchev–Trinajstić information content (AvgIpc) is 3.49. The van der Waals surface area contributed by atoms with Gasteiger partial charge in [-0.15, -0.1) is 0 Å². The zero-order chi connectivity index (χ0) is 37.4. The lowest BCUT2D eigenvalue weighted by Gasteiger charge is -2.29. The molecule has 10 aromatic carbocycles. The first kappa shape index (κ1) is 32.5. The van der Waals surface area contributed by atoms with Crippen LogP contribution in [0, 0.1) is 0 Å². The van der Waals surface area contributed by atoms with Gasteiger partial charge < -0.3 is 4.90 Å². The molecule has 264 valence electrons. The SMILES string of the molecule is CC1(C)c2ccccc2-c2ccc(N(c3cccc(-c4ccc5c6ccccc6c6ccccc6c5c4)c3)c3ccc4ccc(-c5ccccc5)cc4c3)cc21. The summed E-state index contributed by atoms with van der Waals surface area (Å²) >= 11 is 0. The molecule has 0 heterocycles. The molecule has 0 saturated heterocycles. The van der Waals surface area contributed by atoms with Crippen molar-refractivity contribution in [2.45, 2.75) is 19.3 Å². The summed E-state index contributed by atoms with van der Waals surface area (Å²) in [6, 6.07) is 74.0. The molecule has 1 heteroatoms. The topological polar surface area (TPSA) is 3.24 Å². The third kappa shape index (κ3) is 5.08. The van der Waals surface area contributed by atoms with Crippen molar-refractivity contribution >= 4 is 60.2 Å². The van der Waals surface area contributed by atoms with Gasteiger partial charge in [0.2, 0.25) is 0 Å².